The molecule has 0 saturated heterocycles. The Morgan fingerprint density at radius 2 is 1.88 bits per heavy atom. The fourth-order valence-electron chi connectivity index (χ4n) is 1.86. The quantitative estimate of drug-likeness (QED) is 0.677. The molecule has 0 bridgehead atoms. The van der Waals surface area contributed by atoms with Crippen LogP contribution in [0.3, 0.4) is 0 Å². The van der Waals surface area contributed by atoms with Gasteiger partial charge in [0.15, 0.2) is 0 Å². The number of carbonyl (C=O) groups is 1. The first kappa shape index (κ1) is 9.78. The molecule has 0 unspecified atom stereocenters. The monoisotopic (exact) mass is 222 g/mol. The highest BCUT2D eigenvalue weighted by Crippen LogP contribution is 2.17. The average molecular weight is 222 g/mol. The maximum absolute atomic E-state index is 12.1. The zero-order valence-corrected chi connectivity index (χ0v) is 9.05. The first-order valence-corrected chi connectivity index (χ1v) is 5.37. The predicted molar refractivity (Wildman–Crippen MR) is 66.0 cm³/mol. The highest BCUT2D eigenvalue weighted by molar-refractivity contribution is 6.09. The van der Waals surface area contributed by atoms with Gasteiger partial charge in [-0.05, 0) is 16.8 Å². The highest BCUT2D eigenvalue weighted by Gasteiger charge is 2.10. The van der Waals surface area contributed by atoms with E-state index in [2.05, 4.69) is 9.97 Å². The van der Waals surface area contributed by atoms with Crippen LogP contribution in [0, 0.1) is 0 Å². The SMILES string of the molecule is O=C(c1ccc2ccccc2c1)c1c[nH]cn1. The number of hydrogen-bond donors (Lipinski definition) is 1. The largest absolute Gasteiger partial charge is 0.350 e. The molecule has 0 atom stereocenters. The fraction of sp³-hybridized carbons (Fsp3) is 0. The third-order valence-electron chi connectivity index (χ3n) is 2.74. The van der Waals surface area contributed by atoms with Crippen molar-refractivity contribution in [3.8, 4) is 0 Å². The second-order valence-corrected chi connectivity index (χ2v) is 3.85. The number of H-pyrrole nitrogens is 1. The van der Waals surface area contributed by atoms with Crippen molar-refractivity contribution >= 4 is 16.6 Å². The molecule has 0 aliphatic rings. The number of hydrogen-bond acceptors (Lipinski definition) is 2. The van der Waals surface area contributed by atoms with E-state index in [0.717, 1.165) is 10.8 Å². The number of aromatic amines is 1. The van der Waals surface area contributed by atoms with E-state index in [0.29, 0.717) is 11.3 Å². The average Bonchev–Trinajstić information content (AvgIpc) is 2.91. The van der Waals surface area contributed by atoms with E-state index in [-0.39, 0.29) is 5.78 Å². The minimum absolute atomic E-state index is 0.0583. The van der Waals surface area contributed by atoms with Crippen molar-refractivity contribution in [3.05, 3.63) is 66.2 Å². The van der Waals surface area contributed by atoms with E-state index in [4.69, 9.17) is 0 Å². The summed E-state index contributed by atoms with van der Waals surface area (Å²) in [5.74, 6) is -0.0583. The lowest BCUT2D eigenvalue weighted by Gasteiger charge is -2.01. The predicted octanol–water partition coefficient (Wildman–Crippen LogP) is 2.79. The summed E-state index contributed by atoms with van der Waals surface area (Å²) >= 11 is 0. The number of fused-ring (bicyclic) bond motifs is 1. The lowest BCUT2D eigenvalue weighted by Crippen LogP contribution is -2.01. The van der Waals surface area contributed by atoms with Gasteiger partial charge in [0, 0.05) is 11.8 Å². The second-order valence-electron chi connectivity index (χ2n) is 3.85. The van der Waals surface area contributed by atoms with Gasteiger partial charge in [0.1, 0.15) is 5.69 Å². The van der Waals surface area contributed by atoms with Crippen LogP contribution >= 0.6 is 0 Å². The molecule has 3 aromatic rings. The zero-order valence-electron chi connectivity index (χ0n) is 9.05. The van der Waals surface area contributed by atoms with Gasteiger partial charge in [-0.2, -0.15) is 0 Å². The van der Waals surface area contributed by atoms with Crippen LogP contribution in [0.5, 0.6) is 0 Å². The molecule has 0 saturated carbocycles. The van der Waals surface area contributed by atoms with Crippen LogP contribution in [-0.2, 0) is 0 Å². The summed E-state index contributed by atoms with van der Waals surface area (Å²) in [6, 6.07) is 13.7. The van der Waals surface area contributed by atoms with Gasteiger partial charge >= 0.3 is 0 Å². The first-order chi connectivity index (χ1) is 8.34. The summed E-state index contributed by atoms with van der Waals surface area (Å²) < 4.78 is 0. The summed E-state index contributed by atoms with van der Waals surface area (Å²) in [6.07, 6.45) is 3.12. The smallest absolute Gasteiger partial charge is 0.212 e. The summed E-state index contributed by atoms with van der Waals surface area (Å²) in [4.78, 5) is 18.8. The van der Waals surface area contributed by atoms with Crippen molar-refractivity contribution in [2.75, 3.05) is 0 Å². The number of aromatic nitrogens is 2. The number of benzene rings is 2. The van der Waals surface area contributed by atoms with E-state index in [1.807, 2.05) is 42.5 Å². The Bertz CT molecular complexity index is 672. The highest BCUT2D eigenvalue weighted by atomic mass is 16.1. The number of carbonyl (C=O) groups excluding carboxylic acids is 1. The lowest BCUT2D eigenvalue weighted by atomic mass is 10.0. The van der Waals surface area contributed by atoms with E-state index < -0.39 is 0 Å². The van der Waals surface area contributed by atoms with Crippen LogP contribution < -0.4 is 0 Å². The molecule has 0 fully saturated rings. The van der Waals surface area contributed by atoms with Crippen molar-refractivity contribution < 1.29 is 4.79 Å². The Morgan fingerprint density at radius 3 is 2.65 bits per heavy atom. The normalized spacial score (nSPS) is 10.6. The Morgan fingerprint density at radius 1 is 1.06 bits per heavy atom. The molecule has 1 heterocycles. The Balaban J connectivity index is 2.09. The topological polar surface area (TPSA) is 45.8 Å². The summed E-state index contributed by atoms with van der Waals surface area (Å²) in [5, 5.41) is 2.19. The molecule has 3 rings (SSSR count). The van der Waals surface area contributed by atoms with Crippen LogP contribution in [0.25, 0.3) is 10.8 Å². The van der Waals surface area contributed by atoms with Gasteiger partial charge in [-0.15, -0.1) is 0 Å². The molecular weight excluding hydrogens is 212 g/mol. The Kier molecular flexibility index (Phi) is 2.22. The van der Waals surface area contributed by atoms with Crippen molar-refractivity contribution in [1.29, 1.82) is 0 Å². The van der Waals surface area contributed by atoms with Gasteiger partial charge in [0.05, 0.1) is 6.33 Å². The maximum Gasteiger partial charge on any atom is 0.212 e. The molecule has 0 aliphatic heterocycles. The van der Waals surface area contributed by atoms with Crippen LogP contribution in [0.15, 0.2) is 55.0 Å². The molecule has 82 valence electrons. The Labute approximate surface area is 98.1 Å². The van der Waals surface area contributed by atoms with Gasteiger partial charge in [-0.1, -0.05) is 36.4 Å². The van der Waals surface area contributed by atoms with Crippen LogP contribution in [0.2, 0.25) is 0 Å². The molecule has 2 aromatic carbocycles. The summed E-state index contributed by atoms with van der Waals surface area (Å²) in [7, 11) is 0. The third-order valence-corrected chi connectivity index (χ3v) is 2.74. The van der Waals surface area contributed by atoms with Crippen LogP contribution in [0.4, 0.5) is 0 Å². The van der Waals surface area contributed by atoms with Gasteiger partial charge in [0.25, 0.3) is 0 Å². The third kappa shape index (κ3) is 1.72. The molecule has 0 aliphatic carbocycles. The van der Waals surface area contributed by atoms with Crippen molar-refractivity contribution in [2.45, 2.75) is 0 Å². The summed E-state index contributed by atoms with van der Waals surface area (Å²) in [6.45, 7) is 0. The molecule has 1 N–H and O–H groups in total. The first-order valence-electron chi connectivity index (χ1n) is 5.37. The van der Waals surface area contributed by atoms with Crippen LogP contribution in [-0.4, -0.2) is 15.8 Å². The number of rotatable bonds is 2. The van der Waals surface area contributed by atoms with Crippen molar-refractivity contribution in [1.82, 2.24) is 9.97 Å². The fourth-order valence-corrected chi connectivity index (χ4v) is 1.86. The molecule has 0 spiro atoms. The van der Waals surface area contributed by atoms with Gasteiger partial charge in [-0.25, -0.2) is 4.98 Å². The lowest BCUT2D eigenvalue weighted by molar-refractivity contribution is 0.103. The standard InChI is InChI=1S/C14H10N2O/c17-14(13-8-15-9-16-13)12-6-5-10-3-1-2-4-11(10)7-12/h1-9H,(H,15,16). The van der Waals surface area contributed by atoms with Crippen molar-refractivity contribution in [3.63, 3.8) is 0 Å². The zero-order chi connectivity index (χ0) is 11.7. The number of nitrogens with zero attached hydrogens (tertiary/aromatic N) is 1. The molecule has 1 aromatic heterocycles. The molecule has 3 heteroatoms. The van der Waals surface area contributed by atoms with Crippen LogP contribution in [0.1, 0.15) is 16.1 Å². The number of imidazole rings is 1. The minimum Gasteiger partial charge on any atom is -0.350 e. The molecule has 17 heavy (non-hydrogen) atoms. The maximum atomic E-state index is 12.1. The van der Waals surface area contributed by atoms with E-state index in [9.17, 15) is 4.79 Å². The minimum atomic E-state index is -0.0583. The van der Waals surface area contributed by atoms with E-state index >= 15 is 0 Å². The van der Waals surface area contributed by atoms with Gasteiger partial charge in [0.2, 0.25) is 5.78 Å². The Hall–Kier alpha value is -2.42. The van der Waals surface area contributed by atoms with Crippen molar-refractivity contribution in [2.24, 2.45) is 0 Å². The molecular formula is C14H10N2O. The molecule has 0 radical (unpaired) electrons. The van der Waals surface area contributed by atoms with E-state index in [1.54, 1.807) is 6.20 Å². The van der Waals surface area contributed by atoms with Gasteiger partial charge in [-0.3, -0.25) is 4.79 Å². The number of nitrogens with one attached hydrogen (secondary N) is 1. The summed E-state index contributed by atoms with van der Waals surface area (Å²) in [5.41, 5.74) is 1.11. The molecule has 3 nitrogen and oxygen atoms in total. The second kappa shape index (κ2) is 3.87. The number of ketones is 1. The molecule has 0 amide bonds. The van der Waals surface area contributed by atoms with Gasteiger partial charge < -0.3 is 4.98 Å². The van der Waals surface area contributed by atoms with E-state index in [1.165, 1.54) is 6.33 Å².